The number of nitrogens with zero attached hydrogens (tertiary/aromatic N) is 1. The van der Waals surface area contributed by atoms with E-state index in [-0.39, 0.29) is 6.04 Å². The second kappa shape index (κ2) is 4.62. The lowest BCUT2D eigenvalue weighted by atomic mass is 10.1. The van der Waals surface area contributed by atoms with Crippen LogP contribution in [0.15, 0.2) is 42.5 Å². The topological polar surface area (TPSA) is 45.0 Å². The van der Waals surface area contributed by atoms with Crippen LogP contribution in [-0.2, 0) is 0 Å². The zero-order valence-corrected chi connectivity index (χ0v) is 10.1. The van der Waals surface area contributed by atoms with Crippen molar-refractivity contribution in [1.82, 2.24) is 0 Å². The molecule has 0 radical (unpaired) electrons. The number of anilines is 1. The zero-order chi connectivity index (χ0) is 13.2. The van der Waals surface area contributed by atoms with E-state index >= 15 is 0 Å². The van der Waals surface area contributed by atoms with Crippen molar-refractivity contribution in [3.8, 4) is 11.8 Å². The van der Waals surface area contributed by atoms with E-state index in [1.165, 1.54) is 12.1 Å². The molecule has 0 saturated heterocycles. The second-order valence-electron chi connectivity index (χ2n) is 4.35. The summed E-state index contributed by atoms with van der Waals surface area (Å²) in [6.45, 7) is 0.502. The summed E-state index contributed by atoms with van der Waals surface area (Å²) >= 11 is 0. The Morgan fingerprint density at radius 2 is 2.11 bits per heavy atom. The molecule has 1 atom stereocenters. The van der Waals surface area contributed by atoms with Crippen molar-refractivity contribution in [3.05, 3.63) is 59.4 Å². The van der Waals surface area contributed by atoms with Crippen LogP contribution in [-0.4, -0.2) is 6.61 Å². The highest BCUT2D eigenvalue weighted by Gasteiger charge is 2.24. The standard InChI is InChI=1S/C15H11FN2O/c16-11-5-6-13(10(7-11)8-17)18-14-9-19-15-4-2-1-3-12(14)15/h1-7,14,18H,9H2. The monoisotopic (exact) mass is 254 g/mol. The second-order valence-corrected chi connectivity index (χ2v) is 4.35. The summed E-state index contributed by atoms with van der Waals surface area (Å²) in [6.07, 6.45) is 0. The van der Waals surface area contributed by atoms with Gasteiger partial charge in [0.25, 0.3) is 0 Å². The highest BCUT2D eigenvalue weighted by Crippen LogP contribution is 2.34. The molecule has 1 aliphatic rings. The van der Waals surface area contributed by atoms with E-state index < -0.39 is 5.82 Å². The van der Waals surface area contributed by atoms with E-state index in [9.17, 15) is 4.39 Å². The van der Waals surface area contributed by atoms with Gasteiger partial charge >= 0.3 is 0 Å². The number of nitriles is 1. The first-order valence-electron chi connectivity index (χ1n) is 5.96. The predicted octanol–water partition coefficient (Wildman–Crippen LogP) is 3.24. The third-order valence-electron chi connectivity index (χ3n) is 3.13. The van der Waals surface area contributed by atoms with Crippen LogP contribution in [0.5, 0.6) is 5.75 Å². The first kappa shape index (κ1) is 11.5. The molecule has 1 unspecified atom stereocenters. The highest BCUT2D eigenvalue weighted by molar-refractivity contribution is 5.59. The van der Waals surface area contributed by atoms with Gasteiger partial charge in [-0.2, -0.15) is 5.26 Å². The third-order valence-corrected chi connectivity index (χ3v) is 3.13. The maximum absolute atomic E-state index is 13.1. The van der Waals surface area contributed by atoms with Gasteiger partial charge in [0, 0.05) is 5.56 Å². The van der Waals surface area contributed by atoms with Crippen LogP contribution in [0.1, 0.15) is 17.2 Å². The normalized spacial score (nSPS) is 16.3. The fraction of sp³-hybridized carbons (Fsp3) is 0.133. The van der Waals surface area contributed by atoms with Crippen molar-refractivity contribution < 1.29 is 9.13 Å². The minimum Gasteiger partial charge on any atom is -0.491 e. The minimum atomic E-state index is -0.412. The number of para-hydroxylation sites is 1. The van der Waals surface area contributed by atoms with Gasteiger partial charge < -0.3 is 10.1 Å². The van der Waals surface area contributed by atoms with Crippen LogP contribution in [0.25, 0.3) is 0 Å². The summed E-state index contributed by atoms with van der Waals surface area (Å²) in [5.41, 5.74) is 1.97. The number of rotatable bonds is 2. The van der Waals surface area contributed by atoms with E-state index in [2.05, 4.69) is 5.32 Å². The summed E-state index contributed by atoms with van der Waals surface area (Å²) in [6, 6.07) is 13.9. The van der Waals surface area contributed by atoms with Crippen LogP contribution in [0.2, 0.25) is 0 Å². The van der Waals surface area contributed by atoms with E-state index in [4.69, 9.17) is 10.00 Å². The van der Waals surface area contributed by atoms with Gasteiger partial charge in [0.05, 0.1) is 17.3 Å². The average molecular weight is 254 g/mol. The molecule has 0 aliphatic carbocycles. The molecule has 1 aliphatic heterocycles. The molecule has 0 amide bonds. The lowest BCUT2D eigenvalue weighted by molar-refractivity contribution is 0.340. The maximum Gasteiger partial charge on any atom is 0.124 e. The Hall–Kier alpha value is -2.54. The lowest BCUT2D eigenvalue weighted by Crippen LogP contribution is -2.12. The lowest BCUT2D eigenvalue weighted by Gasteiger charge is -2.14. The van der Waals surface area contributed by atoms with Gasteiger partial charge in [-0.3, -0.25) is 0 Å². The molecule has 0 aromatic heterocycles. The van der Waals surface area contributed by atoms with E-state index in [1.54, 1.807) is 6.07 Å². The molecule has 0 fully saturated rings. The first-order chi connectivity index (χ1) is 9.28. The Kier molecular flexibility index (Phi) is 2.81. The van der Waals surface area contributed by atoms with Crippen LogP contribution >= 0.6 is 0 Å². The molecule has 2 aromatic carbocycles. The van der Waals surface area contributed by atoms with Crippen LogP contribution < -0.4 is 10.1 Å². The predicted molar refractivity (Wildman–Crippen MR) is 69.4 cm³/mol. The summed E-state index contributed by atoms with van der Waals surface area (Å²) < 4.78 is 18.6. The quantitative estimate of drug-likeness (QED) is 0.894. The molecule has 3 rings (SSSR count). The van der Waals surface area contributed by atoms with Gasteiger partial charge in [0.15, 0.2) is 0 Å². The summed E-state index contributed by atoms with van der Waals surface area (Å²) in [5, 5.41) is 12.3. The molecule has 94 valence electrons. The summed E-state index contributed by atoms with van der Waals surface area (Å²) in [7, 11) is 0. The SMILES string of the molecule is N#Cc1cc(F)ccc1NC1COc2ccccc21. The number of halogens is 1. The Morgan fingerprint density at radius 3 is 2.95 bits per heavy atom. The fourth-order valence-corrected chi connectivity index (χ4v) is 2.20. The van der Waals surface area contributed by atoms with Crippen molar-refractivity contribution in [2.45, 2.75) is 6.04 Å². The summed E-state index contributed by atoms with van der Waals surface area (Å²) in [4.78, 5) is 0. The molecule has 1 heterocycles. The largest absolute Gasteiger partial charge is 0.491 e. The zero-order valence-electron chi connectivity index (χ0n) is 10.1. The Bertz CT molecular complexity index is 663. The molecule has 1 N–H and O–H groups in total. The van der Waals surface area contributed by atoms with Crippen LogP contribution in [0, 0.1) is 17.1 Å². The van der Waals surface area contributed by atoms with E-state index in [0.29, 0.717) is 17.9 Å². The Morgan fingerprint density at radius 1 is 1.26 bits per heavy atom. The minimum absolute atomic E-state index is 0.0197. The highest BCUT2D eigenvalue weighted by atomic mass is 19.1. The number of fused-ring (bicyclic) bond motifs is 1. The van der Waals surface area contributed by atoms with E-state index in [1.807, 2.05) is 30.3 Å². The molecule has 0 spiro atoms. The Labute approximate surface area is 110 Å². The van der Waals surface area contributed by atoms with Crippen molar-refractivity contribution in [2.75, 3.05) is 11.9 Å². The molecule has 0 bridgehead atoms. The van der Waals surface area contributed by atoms with Crippen LogP contribution in [0.4, 0.5) is 10.1 Å². The van der Waals surface area contributed by atoms with Gasteiger partial charge in [-0.05, 0) is 24.3 Å². The number of hydrogen-bond acceptors (Lipinski definition) is 3. The van der Waals surface area contributed by atoms with Crippen molar-refractivity contribution >= 4 is 5.69 Å². The van der Waals surface area contributed by atoms with Gasteiger partial charge in [-0.25, -0.2) is 4.39 Å². The average Bonchev–Trinajstić information content (AvgIpc) is 2.84. The van der Waals surface area contributed by atoms with Gasteiger partial charge in [0.1, 0.15) is 24.2 Å². The molecule has 19 heavy (non-hydrogen) atoms. The maximum atomic E-state index is 13.1. The number of nitrogens with one attached hydrogen (secondary N) is 1. The number of benzene rings is 2. The summed E-state index contributed by atoms with van der Waals surface area (Å²) in [5.74, 6) is 0.436. The number of ether oxygens (including phenoxy) is 1. The third kappa shape index (κ3) is 2.11. The van der Waals surface area contributed by atoms with Crippen molar-refractivity contribution in [1.29, 1.82) is 5.26 Å². The first-order valence-corrected chi connectivity index (χ1v) is 5.96. The molecule has 4 heteroatoms. The fourth-order valence-electron chi connectivity index (χ4n) is 2.20. The molecular formula is C15H11FN2O. The van der Waals surface area contributed by atoms with Crippen molar-refractivity contribution in [3.63, 3.8) is 0 Å². The molecule has 2 aromatic rings. The molecular weight excluding hydrogens is 243 g/mol. The molecule has 3 nitrogen and oxygen atoms in total. The number of hydrogen-bond donors (Lipinski definition) is 1. The van der Waals surface area contributed by atoms with Gasteiger partial charge in [0.2, 0.25) is 0 Å². The van der Waals surface area contributed by atoms with Gasteiger partial charge in [-0.15, -0.1) is 0 Å². The van der Waals surface area contributed by atoms with Crippen molar-refractivity contribution in [2.24, 2.45) is 0 Å². The molecule has 0 saturated carbocycles. The van der Waals surface area contributed by atoms with Gasteiger partial charge in [-0.1, -0.05) is 18.2 Å². The van der Waals surface area contributed by atoms with Crippen LogP contribution in [0.3, 0.4) is 0 Å². The van der Waals surface area contributed by atoms with E-state index in [0.717, 1.165) is 11.3 Å². The Balaban J connectivity index is 1.90. The smallest absolute Gasteiger partial charge is 0.124 e.